The SMILES string of the molecule is COC(=O)c1ccc(-c2cc(Cl)cc(Br)c2)cc1. The molecule has 0 heterocycles. The van der Waals surface area contributed by atoms with E-state index in [0.29, 0.717) is 10.6 Å². The van der Waals surface area contributed by atoms with Crippen LogP contribution in [0.5, 0.6) is 0 Å². The highest BCUT2D eigenvalue weighted by Crippen LogP contribution is 2.27. The lowest BCUT2D eigenvalue weighted by Gasteiger charge is -2.05. The summed E-state index contributed by atoms with van der Waals surface area (Å²) in [5.41, 5.74) is 2.51. The molecule has 2 aromatic rings. The van der Waals surface area contributed by atoms with Crippen LogP contribution in [0.25, 0.3) is 11.1 Å². The lowest BCUT2D eigenvalue weighted by molar-refractivity contribution is 0.0601. The standard InChI is InChI=1S/C14H10BrClO2/c1-18-14(17)10-4-2-9(3-5-10)11-6-12(15)8-13(16)7-11/h2-8H,1H3. The van der Waals surface area contributed by atoms with Crippen LogP contribution in [-0.2, 0) is 4.74 Å². The van der Waals surface area contributed by atoms with Crippen molar-refractivity contribution < 1.29 is 9.53 Å². The highest BCUT2D eigenvalue weighted by atomic mass is 79.9. The quantitative estimate of drug-likeness (QED) is 0.757. The Bertz CT molecular complexity index is 559. The van der Waals surface area contributed by atoms with Gasteiger partial charge in [0.2, 0.25) is 0 Å². The largest absolute Gasteiger partial charge is 0.465 e. The van der Waals surface area contributed by atoms with E-state index in [1.807, 2.05) is 30.3 Å². The first-order chi connectivity index (χ1) is 8.60. The number of carbonyl (C=O) groups is 1. The van der Waals surface area contributed by atoms with Gasteiger partial charge in [-0.15, -0.1) is 0 Å². The van der Waals surface area contributed by atoms with Crippen LogP contribution < -0.4 is 0 Å². The summed E-state index contributed by atoms with van der Waals surface area (Å²) in [5, 5.41) is 0.663. The molecule has 0 atom stereocenters. The third kappa shape index (κ3) is 2.92. The van der Waals surface area contributed by atoms with Crippen LogP contribution in [0.3, 0.4) is 0 Å². The van der Waals surface area contributed by atoms with Gasteiger partial charge < -0.3 is 4.74 Å². The molecule has 0 radical (unpaired) electrons. The second-order valence-corrected chi connectivity index (χ2v) is 5.08. The number of ether oxygens (including phenoxy) is 1. The second-order valence-electron chi connectivity index (χ2n) is 3.73. The van der Waals surface area contributed by atoms with Crippen molar-refractivity contribution in [2.45, 2.75) is 0 Å². The van der Waals surface area contributed by atoms with Gasteiger partial charge in [0, 0.05) is 9.50 Å². The van der Waals surface area contributed by atoms with Crippen molar-refractivity contribution in [2.24, 2.45) is 0 Å². The third-order valence-electron chi connectivity index (χ3n) is 2.50. The number of hydrogen-bond donors (Lipinski definition) is 0. The van der Waals surface area contributed by atoms with Crippen molar-refractivity contribution in [1.29, 1.82) is 0 Å². The van der Waals surface area contributed by atoms with Gasteiger partial charge in [-0.1, -0.05) is 39.7 Å². The molecule has 0 bridgehead atoms. The van der Waals surface area contributed by atoms with Gasteiger partial charge in [0.1, 0.15) is 0 Å². The van der Waals surface area contributed by atoms with Gasteiger partial charge in [0.15, 0.2) is 0 Å². The summed E-state index contributed by atoms with van der Waals surface area (Å²) in [6, 6.07) is 12.9. The molecule has 0 saturated carbocycles. The lowest BCUT2D eigenvalue weighted by Crippen LogP contribution is -2.00. The molecule has 0 unspecified atom stereocenters. The van der Waals surface area contributed by atoms with Gasteiger partial charge in [0.25, 0.3) is 0 Å². The molecule has 0 fully saturated rings. The Balaban J connectivity index is 2.37. The van der Waals surface area contributed by atoms with Crippen molar-refractivity contribution in [2.75, 3.05) is 7.11 Å². The van der Waals surface area contributed by atoms with Gasteiger partial charge >= 0.3 is 5.97 Å². The molecule has 0 aromatic heterocycles. The van der Waals surface area contributed by atoms with Crippen molar-refractivity contribution in [1.82, 2.24) is 0 Å². The predicted octanol–water partition coefficient (Wildman–Crippen LogP) is 4.56. The van der Waals surface area contributed by atoms with E-state index in [1.165, 1.54) is 7.11 Å². The molecular formula is C14H10BrClO2. The first kappa shape index (κ1) is 13.1. The normalized spacial score (nSPS) is 10.2. The van der Waals surface area contributed by atoms with Crippen LogP contribution in [0.1, 0.15) is 10.4 Å². The fourth-order valence-electron chi connectivity index (χ4n) is 1.64. The number of methoxy groups -OCH3 is 1. The number of esters is 1. The smallest absolute Gasteiger partial charge is 0.337 e. The molecule has 0 aliphatic rings. The van der Waals surface area contributed by atoms with Crippen LogP contribution in [0.15, 0.2) is 46.9 Å². The molecule has 2 aromatic carbocycles. The summed E-state index contributed by atoms with van der Waals surface area (Å²) in [5.74, 6) is -0.339. The second kappa shape index (κ2) is 5.55. The zero-order chi connectivity index (χ0) is 13.1. The van der Waals surface area contributed by atoms with Gasteiger partial charge in [-0.3, -0.25) is 0 Å². The highest BCUT2D eigenvalue weighted by Gasteiger charge is 2.06. The summed E-state index contributed by atoms with van der Waals surface area (Å²) < 4.78 is 5.57. The first-order valence-electron chi connectivity index (χ1n) is 5.25. The molecule has 0 spiro atoms. The third-order valence-corrected chi connectivity index (χ3v) is 3.18. The van der Waals surface area contributed by atoms with Crippen molar-refractivity contribution >= 4 is 33.5 Å². The average molecular weight is 326 g/mol. The van der Waals surface area contributed by atoms with E-state index in [2.05, 4.69) is 20.7 Å². The maximum absolute atomic E-state index is 11.3. The van der Waals surface area contributed by atoms with E-state index in [1.54, 1.807) is 12.1 Å². The van der Waals surface area contributed by atoms with E-state index in [9.17, 15) is 4.79 Å². The van der Waals surface area contributed by atoms with Gasteiger partial charge in [0.05, 0.1) is 12.7 Å². The minimum atomic E-state index is -0.339. The van der Waals surface area contributed by atoms with Gasteiger partial charge in [-0.2, -0.15) is 0 Å². The number of hydrogen-bond acceptors (Lipinski definition) is 2. The summed E-state index contributed by atoms with van der Waals surface area (Å²) in [7, 11) is 1.37. The van der Waals surface area contributed by atoms with E-state index >= 15 is 0 Å². The first-order valence-corrected chi connectivity index (χ1v) is 6.42. The molecule has 0 amide bonds. The minimum absolute atomic E-state index is 0.339. The minimum Gasteiger partial charge on any atom is -0.465 e. The number of rotatable bonds is 2. The van der Waals surface area contributed by atoms with E-state index in [4.69, 9.17) is 11.6 Å². The van der Waals surface area contributed by atoms with Crippen molar-refractivity contribution in [3.8, 4) is 11.1 Å². The van der Waals surface area contributed by atoms with Crippen molar-refractivity contribution in [3.05, 3.63) is 57.5 Å². The fourth-order valence-corrected chi connectivity index (χ4v) is 2.50. The Morgan fingerprint density at radius 2 is 1.78 bits per heavy atom. The van der Waals surface area contributed by atoms with E-state index in [-0.39, 0.29) is 5.97 Å². The maximum Gasteiger partial charge on any atom is 0.337 e. The molecule has 0 aliphatic heterocycles. The van der Waals surface area contributed by atoms with E-state index in [0.717, 1.165) is 15.6 Å². The van der Waals surface area contributed by atoms with Crippen LogP contribution >= 0.6 is 27.5 Å². The van der Waals surface area contributed by atoms with Crippen molar-refractivity contribution in [3.63, 3.8) is 0 Å². The average Bonchev–Trinajstić information content (AvgIpc) is 2.37. The zero-order valence-corrected chi connectivity index (χ0v) is 12.0. The van der Waals surface area contributed by atoms with E-state index < -0.39 is 0 Å². The Hall–Kier alpha value is -1.32. The Morgan fingerprint density at radius 1 is 1.11 bits per heavy atom. The van der Waals surface area contributed by atoms with Gasteiger partial charge in [-0.25, -0.2) is 4.79 Å². The summed E-state index contributed by atoms with van der Waals surface area (Å²) in [6.07, 6.45) is 0. The molecule has 2 rings (SSSR count). The molecule has 0 aliphatic carbocycles. The Morgan fingerprint density at radius 3 is 2.33 bits per heavy atom. The topological polar surface area (TPSA) is 26.3 Å². The fraction of sp³-hybridized carbons (Fsp3) is 0.0714. The summed E-state index contributed by atoms with van der Waals surface area (Å²) >= 11 is 9.40. The summed E-state index contributed by atoms with van der Waals surface area (Å²) in [6.45, 7) is 0. The van der Waals surface area contributed by atoms with Crippen LogP contribution in [0.2, 0.25) is 5.02 Å². The molecule has 2 nitrogen and oxygen atoms in total. The number of halogens is 2. The molecule has 0 N–H and O–H groups in total. The molecule has 18 heavy (non-hydrogen) atoms. The number of carbonyl (C=O) groups excluding carboxylic acids is 1. The molecule has 4 heteroatoms. The summed E-state index contributed by atoms with van der Waals surface area (Å²) in [4.78, 5) is 11.3. The molecule has 92 valence electrons. The lowest BCUT2D eigenvalue weighted by atomic mass is 10.0. The predicted molar refractivity (Wildman–Crippen MR) is 75.9 cm³/mol. The van der Waals surface area contributed by atoms with Crippen LogP contribution in [-0.4, -0.2) is 13.1 Å². The Labute approximate surface area is 119 Å². The van der Waals surface area contributed by atoms with Crippen LogP contribution in [0, 0.1) is 0 Å². The molecular weight excluding hydrogens is 316 g/mol. The Kier molecular flexibility index (Phi) is 4.04. The highest BCUT2D eigenvalue weighted by molar-refractivity contribution is 9.10. The van der Waals surface area contributed by atoms with Crippen LogP contribution in [0.4, 0.5) is 0 Å². The maximum atomic E-state index is 11.3. The monoisotopic (exact) mass is 324 g/mol. The molecule has 0 saturated heterocycles. The zero-order valence-electron chi connectivity index (χ0n) is 9.61. The van der Waals surface area contributed by atoms with Gasteiger partial charge in [-0.05, 0) is 41.5 Å². The number of benzene rings is 2.